The summed E-state index contributed by atoms with van der Waals surface area (Å²) in [7, 11) is 0. The van der Waals surface area contributed by atoms with Gasteiger partial charge >= 0.3 is 0 Å². The van der Waals surface area contributed by atoms with Crippen LogP contribution in [-0.2, 0) is 4.74 Å². The Bertz CT molecular complexity index is 471. The average Bonchev–Trinajstić information content (AvgIpc) is 2.40. The first kappa shape index (κ1) is 12.4. The van der Waals surface area contributed by atoms with Crippen molar-refractivity contribution < 1.29 is 4.74 Å². The fourth-order valence-corrected chi connectivity index (χ4v) is 5.07. The smallest absolute Gasteiger partial charge is 0.121 e. The van der Waals surface area contributed by atoms with E-state index in [-0.39, 0.29) is 11.5 Å². The Hall–Kier alpha value is -0.670. The Morgan fingerprint density at radius 1 is 1.39 bits per heavy atom. The summed E-state index contributed by atoms with van der Waals surface area (Å²) in [6.07, 6.45) is 1.30. The second-order valence-corrected chi connectivity index (χ2v) is 6.96. The van der Waals surface area contributed by atoms with Gasteiger partial charge in [0.1, 0.15) is 5.44 Å². The maximum absolute atomic E-state index is 8.77. The zero-order chi connectivity index (χ0) is 12.5. The molecule has 3 saturated heterocycles. The number of nitrogens with zero attached hydrogens (tertiary/aromatic N) is 1. The molecular formula is C13H14N2OS2. The van der Waals surface area contributed by atoms with Crippen LogP contribution in [0.3, 0.4) is 0 Å². The fraction of sp³-hybridized carbons (Fsp3) is 0.462. The van der Waals surface area contributed by atoms with Crippen LogP contribution in [0.15, 0.2) is 29.2 Å². The van der Waals surface area contributed by atoms with Gasteiger partial charge in [-0.3, -0.25) is 0 Å². The van der Waals surface area contributed by atoms with Crippen LogP contribution in [0.1, 0.15) is 12.0 Å². The molecule has 1 aromatic rings. The molecule has 2 bridgehead atoms. The first-order valence-corrected chi connectivity index (χ1v) is 7.88. The zero-order valence-electron chi connectivity index (χ0n) is 9.78. The lowest BCUT2D eigenvalue weighted by atomic mass is 10.0. The number of thioether (sulfide) groups is 2. The summed E-state index contributed by atoms with van der Waals surface area (Å²) >= 11 is 3.65. The monoisotopic (exact) mass is 278 g/mol. The van der Waals surface area contributed by atoms with Crippen molar-refractivity contribution in [1.29, 1.82) is 5.26 Å². The highest BCUT2D eigenvalue weighted by Crippen LogP contribution is 2.43. The van der Waals surface area contributed by atoms with Crippen molar-refractivity contribution in [2.75, 3.05) is 5.75 Å². The molecule has 0 amide bonds. The zero-order valence-corrected chi connectivity index (χ0v) is 11.4. The molecule has 0 aliphatic carbocycles. The number of rotatable bonds is 2. The predicted molar refractivity (Wildman–Crippen MR) is 74.5 cm³/mol. The van der Waals surface area contributed by atoms with E-state index < -0.39 is 0 Å². The normalized spacial score (nSPS) is 34.2. The second-order valence-electron chi connectivity index (χ2n) is 4.58. The van der Waals surface area contributed by atoms with Crippen molar-refractivity contribution in [3.05, 3.63) is 29.8 Å². The lowest BCUT2D eigenvalue weighted by molar-refractivity contribution is -0.00179. The third-order valence-electron chi connectivity index (χ3n) is 3.26. The van der Waals surface area contributed by atoms with Crippen LogP contribution in [0.25, 0.3) is 0 Å². The molecular weight excluding hydrogens is 264 g/mol. The summed E-state index contributed by atoms with van der Waals surface area (Å²) in [5.74, 6) is 1.07. The van der Waals surface area contributed by atoms with Gasteiger partial charge in [0, 0.05) is 16.7 Å². The van der Waals surface area contributed by atoms with Crippen molar-refractivity contribution in [2.24, 2.45) is 5.73 Å². The molecule has 0 saturated carbocycles. The van der Waals surface area contributed by atoms with E-state index in [4.69, 9.17) is 15.7 Å². The van der Waals surface area contributed by atoms with E-state index >= 15 is 0 Å². The van der Waals surface area contributed by atoms with E-state index in [0.29, 0.717) is 16.9 Å². The summed E-state index contributed by atoms with van der Waals surface area (Å²) in [4.78, 5) is 1.14. The van der Waals surface area contributed by atoms with Gasteiger partial charge in [-0.25, -0.2) is 0 Å². The van der Waals surface area contributed by atoms with Crippen LogP contribution in [0.2, 0.25) is 0 Å². The van der Waals surface area contributed by atoms with Gasteiger partial charge in [-0.2, -0.15) is 17.0 Å². The maximum atomic E-state index is 8.77. The Kier molecular flexibility index (Phi) is 3.53. The number of ether oxygens (including phenoxy) is 1. The number of nitrogens with two attached hydrogens (primary N) is 1. The highest BCUT2D eigenvalue weighted by atomic mass is 32.2. The molecule has 0 spiro atoms. The number of hydrogen-bond donors (Lipinski definition) is 1. The van der Waals surface area contributed by atoms with Crippen molar-refractivity contribution in [2.45, 2.75) is 34.1 Å². The van der Waals surface area contributed by atoms with Gasteiger partial charge in [-0.15, -0.1) is 0 Å². The Morgan fingerprint density at radius 3 is 2.78 bits per heavy atom. The van der Waals surface area contributed by atoms with Crippen molar-refractivity contribution >= 4 is 23.5 Å². The molecule has 4 atom stereocenters. The molecule has 2 N–H and O–H groups in total. The third kappa shape index (κ3) is 2.39. The minimum atomic E-state index is 0.144. The number of fused-ring (bicyclic) bond motifs is 3. The topological polar surface area (TPSA) is 59.0 Å². The Morgan fingerprint density at radius 2 is 2.17 bits per heavy atom. The molecule has 0 aromatic heterocycles. The summed E-state index contributed by atoms with van der Waals surface area (Å²) in [5.41, 5.74) is 6.99. The van der Waals surface area contributed by atoms with Gasteiger partial charge in [0.25, 0.3) is 0 Å². The first-order valence-electron chi connectivity index (χ1n) is 5.96. The summed E-state index contributed by atoms with van der Waals surface area (Å²) < 4.78 is 6.01. The largest absolute Gasteiger partial charge is 0.362 e. The van der Waals surface area contributed by atoms with Crippen LogP contribution >= 0.6 is 23.5 Å². The molecule has 94 valence electrons. The lowest BCUT2D eigenvalue weighted by Gasteiger charge is -2.45. The first-order chi connectivity index (χ1) is 8.76. The van der Waals surface area contributed by atoms with E-state index in [1.54, 1.807) is 11.8 Å². The van der Waals surface area contributed by atoms with Gasteiger partial charge in [0.15, 0.2) is 0 Å². The van der Waals surface area contributed by atoms with Gasteiger partial charge in [0.05, 0.1) is 23.0 Å². The molecule has 0 radical (unpaired) electrons. The van der Waals surface area contributed by atoms with Crippen LogP contribution in [0, 0.1) is 11.3 Å². The number of hydrogen-bond acceptors (Lipinski definition) is 5. The van der Waals surface area contributed by atoms with Gasteiger partial charge < -0.3 is 10.5 Å². The van der Waals surface area contributed by atoms with Crippen LogP contribution in [-0.4, -0.2) is 28.6 Å². The maximum Gasteiger partial charge on any atom is 0.121 e. The minimum Gasteiger partial charge on any atom is -0.362 e. The molecule has 18 heavy (non-hydrogen) atoms. The van der Waals surface area contributed by atoms with Crippen LogP contribution < -0.4 is 5.73 Å². The minimum absolute atomic E-state index is 0.144. The molecule has 1 aromatic carbocycles. The predicted octanol–water partition coefficient (Wildman–Crippen LogP) is 2.21. The fourth-order valence-electron chi connectivity index (χ4n) is 2.33. The summed E-state index contributed by atoms with van der Waals surface area (Å²) in [6, 6.07) is 10.0. The SMILES string of the molecule is N#Cc1ccc(SC2O[C@@H]3CS[C@H]2C(N)C3)cc1. The molecule has 5 heteroatoms. The quantitative estimate of drug-likeness (QED) is 0.899. The molecule has 3 fully saturated rings. The van der Waals surface area contributed by atoms with Gasteiger partial charge in [-0.05, 0) is 30.7 Å². The van der Waals surface area contributed by atoms with E-state index in [0.717, 1.165) is 17.1 Å². The molecule has 3 heterocycles. The second kappa shape index (κ2) is 5.14. The highest BCUT2D eigenvalue weighted by Gasteiger charge is 2.42. The molecule has 2 unspecified atom stereocenters. The van der Waals surface area contributed by atoms with Gasteiger partial charge in [-0.1, -0.05) is 11.8 Å². The molecule has 3 aliphatic heterocycles. The van der Waals surface area contributed by atoms with Crippen LogP contribution in [0.5, 0.6) is 0 Å². The Balaban J connectivity index is 1.71. The summed E-state index contributed by atoms with van der Waals surface area (Å²) in [6.45, 7) is 0. The van der Waals surface area contributed by atoms with E-state index in [9.17, 15) is 0 Å². The standard InChI is InChI=1S/C13H14N2OS2/c14-6-8-1-3-10(4-2-8)18-13-12-11(15)5-9(16-13)7-17-12/h1-4,9,11-13H,5,7,15H2/t9-,11?,12-,13?/m0/s1. The van der Waals surface area contributed by atoms with Gasteiger partial charge in [0.2, 0.25) is 0 Å². The van der Waals surface area contributed by atoms with Crippen molar-refractivity contribution in [1.82, 2.24) is 0 Å². The molecule has 3 aliphatic rings. The Labute approximate surface area is 115 Å². The number of benzene rings is 1. The van der Waals surface area contributed by atoms with E-state index in [1.807, 2.05) is 36.0 Å². The van der Waals surface area contributed by atoms with Crippen LogP contribution in [0.4, 0.5) is 0 Å². The third-order valence-corrected chi connectivity index (χ3v) is 6.16. The molecule has 4 rings (SSSR count). The number of nitriles is 1. The average molecular weight is 278 g/mol. The summed E-state index contributed by atoms with van der Waals surface area (Å²) in [5, 5.41) is 9.15. The van der Waals surface area contributed by atoms with Crippen molar-refractivity contribution in [3.8, 4) is 6.07 Å². The van der Waals surface area contributed by atoms with E-state index in [1.165, 1.54) is 0 Å². The highest BCUT2D eigenvalue weighted by molar-refractivity contribution is 8.03. The van der Waals surface area contributed by atoms with Crippen molar-refractivity contribution in [3.63, 3.8) is 0 Å². The lowest BCUT2D eigenvalue weighted by Crippen LogP contribution is -2.54. The molecule has 3 nitrogen and oxygen atoms in total. The van der Waals surface area contributed by atoms with E-state index in [2.05, 4.69) is 6.07 Å².